The van der Waals surface area contributed by atoms with Crippen LogP contribution in [0, 0.1) is 11.8 Å². The Morgan fingerprint density at radius 3 is 2.11 bits per heavy atom. The second-order valence-corrected chi connectivity index (χ2v) is 8.21. The minimum atomic E-state index is -3.70. The van der Waals surface area contributed by atoms with Crippen LogP contribution in [0.2, 0.25) is 10.0 Å². The molecule has 0 fully saturated rings. The molecule has 0 aliphatic carbocycles. The monoisotopic (exact) mass is 387 g/mol. The van der Waals surface area contributed by atoms with E-state index in [9.17, 15) is 8.42 Å². The van der Waals surface area contributed by atoms with Gasteiger partial charge in [-0.15, -0.1) is 0 Å². The molecule has 1 N–H and O–H groups in total. The van der Waals surface area contributed by atoms with Gasteiger partial charge in [0.05, 0.1) is 10.0 Å². The van der Waals surface area contributed by atoms with E-state index in [2.05, 4.69) is 20.7 Å². The smallest absolute Gasteiger partial charge is 0.211 e. The minimum Gasteiger partial charge on any atom is -0.211 e. The van der Waals surface area contributed by atoms with Crippen LogP contribution in [-0.4, -0.2) is 15.0 Å². The van der Waals surface area contributed by atoms with Crippen LogP contribution < -0.4 is 4.72 Å². The summed E-state index contributed by atoms with van der Waals surface area (Å²) in [7, 11) is -3.70. The molecular weight excluding hydrogens is 373 g/mol. The van der Waals surface area contributed by atoms with Gasteiger partial charge in [0.25, 0.3) is 0 Å². The third-order valence-corrected chi connectivity index (χ3v) is 5.77. The van der Waals surface area contributed by atoms with Crippen LogP contribution in [0.4, 0.5) is 0 Å². The maximum absolute atomic E-state index is 12.2. The number of benzene rings is 1. The molecule has 7 heteroatoms. The molecule has 0 heterocycles. The van der Waals surface area contributed by atoms with Crippen LogP contribution in [0.3, 0.4) is 0 Å². The molecule has 0 saturated carbocycles. The first-order valence-corrected chi connectivity index (χ1v) is 8.82. The third-order valence-electron chi connectivity index (χ3n) is 2.97. The summed E-state index contributed by atoms with van der Waals surface area (Å²) in [5, 5.41) is 0.202. The standard InChI is InChI=1S/C12H16BrCl2NO2S/c1-7(2)8(3)6-16-19(17,18)12-10(14)4-9(13)5-11(12)15/h4-5,7-8,16H,6H2,1-3H3. The lowest BCUT2D eigenvalue weighted by Gasteiger charge is -2.17. The van der Waals surface area contributed by atoms with Gasteiger partial charge in [-0.3, -0.25) is 0 Å². The van der Waals surface area contributed by atoms with Gasteiger partial charge < -0.3 is 0 Å². The molecular formula is C12H16BrCl2NO2S. The summed E-state index contributed by atoms with van der Waals surface area (Å²) in [5.74, 6) is 0.612. The summed E-state index contributed by atoms with van der Waals surface area (Å²) < 4.78 is 27.6. The quantitative estimate of drug-likeness (QED) is 0.815. The highest BCUT2D eigenvalue weighted by Gasteiger charge is 2.23. The maximum Gasteiger partial charge on any atom is 0.243 e. The Morgan fingerprint density at radius 1 is 1.21 bits per heavy atom. The van der Waals surface area contributed by atoms with Gasteiger partial charge in [0.1, 0.15) is 4.90 Å². The average molecular weight is 389 g/mol. The van der Waals surface area contributed by atoms with Crippen molar-refractivity contribution in [3.63, 3.8) is 0 Å². The molecule has 3 nitrogen and oxygen atoms in total. The molecule has 0 saturated heterocycles. The lowest BCUT2D eigenvalue weighted by molar-refractivity contribution is 0.414. The third kappa shape index (κ3) is 4.60. The molecule has 19 heavy (non-hydrogen) atoms. The Balaban J connectivity index is 3.02. The van der Waals surface area contributed by atoms with E-state index in [0.717, 1.165) is 0 Å². The molecule has 1 aromatic carbocycles. The minimum absolute atomic E-state index is 0.0741. The van der Waals surface area contributed by atoms with Gasteiger partial charge in [-0.2, -0.15) is 0 Å². The van der Waals surface area contributed by atoms with Crippen molar-refractivity contribution in [2.45, 2.75) is 25.7 Å². The molecule has 0 aromatic heterocycles. The molecule has 0 bridgehead atoms. The van der Waals surface area contributed by atoms with Gasteiger partial charge in [-0.1, -0.05) is 59.9 Å². The van der Waals surface area contributed by atoms with Crippen LogP contribution in [0.15, 0.2) is 21.5 Å². The summed E-state index contributed by atoms with van der Waals surface area (Å²) in [6.45, 7) is 6.41. The molecule has 0 radical (unpaired) electrons. The zero-order chi connectivity index (χ0) is 14.8. The first-order valence-electron chi connectivity index (χ1n) is 5.79. The Labute approximate surface area is 132 Å². The molecule has 0 aliphatic rings. The largest absolute Gasteiger partial charge is 0.243 e. The van der Waals surface area contributed by atoms with Crippen LogP contribution >= 0.6 is 39.1 Å². The predicted octanol–water partition coefficient (Wildman–Crippen LogP) is 4.33. The molecule has 1 aromatic rings. The van der Waals surface area contributed by atoms with E-state index >= 15 is 0 Å². The van der Waals surface area contributed by atoms with Crippen LogP contribution in [0.1, 0.15) is 20.8 Å². The van der Waals surface area contributed by atoms with E-state index in [0.29, 0.717) is 16.9 Å². The normalized spacial score (nSPS) is 13.8. The van der Waals surface area contributed by atoms with E-state index in [4.69, 9.17) is 23.2 Å². The van der Waals surface area contributed by atoms with E-state index in [1.54, 1.807) is 0 Å². The van der Waals surface area contributed by atoms with Gasteiger partial charge in [-0.25, -0.2) is 13.1 Å². The number of hydrogen-bond donors (Lipinski definition) is 1. The average Bonchev–Trinajstić information content (AvgIpc) is 2.23. The van der Waals surface area contributed by atoms with Gasteiger partial charge in [0, 0.05) is 11.0 Å². The van der Waals surface area contributed by atoms with Crippen molar-refractivity contribution < 1.29 is 8.42 Å². The number of rotatable bonds is 5. The fourth-order valence-corrected chi connectivity index (χ4v) is 4.41. The van der Waals surface area contributed by atoms with Crippen molar-refractivity contribution in [2.24, 2.45) is 11.8 Å². The number of nitrogens with one attached hydrogen (secondary N) is 1. The zero-order valence-electron chi connectivity index (χ0n) is 10.9. The van der Waals surface area contributed by atoms with Crippen LogP contribution in [-0.2, 0) is 10.0 Å². The summed E-state index contributed by atoms with van der Waals surface area (Å²) >= 11 is 15.1. The lowest BCUT2D eigenvalue weighted by atomic mass is 9.99. The second-order valence-electron chi connectivity index (χ2n) is 4.77. The molecule has 0 amide bonds. The fourth-order valence-electron chi connectivity index (χ4n) is 1.33. The number of sulfonamides is 1. The Morgan fingerprint density at radius 2 is 1.68 bits per heavy atom. The zero-order valence-corrected chi connectivity index (χ0v) is 14.8. The number of halogens is 3. The van der Waals surface area contributed by atoms with Crippen molar-refractivity contribution in [2.75, 3.05) is 6.54 Å². The Kier molecular flexibility index (Phi) is 6.14. The highest BCUT2D eigenvalue weighted by Crippen LogP contribution is 2.32. The van der Waals surface area contributed by atoms with Gasteiger partial charge in [-0.05, 0) is 24.0 Å². The molecule has 0 spiro atoms. The van der Waals surface area contributed by atoms with Gasteiger partial charge in [0.2, 0.25) is 10.0 Å². The highest BCUT2D eigenvalue weighted by atomic mass is 79.9. The molecule has 0 aliphatic heterocycles. The van der Waals surface area contributed by atoms with Crippen molar-refractivity contribution in [3.05, 3.63) is 26.7 Å². The fraction of sp³-hybridized carbons (Fsp3) is 0.500. The summed E-state index contributed by atoms with van der Waals surface area (Å²) in [4.78, 5) is -0.0741. The van der Waals surface area contributed by atoms with Crippen LogP contribution in [0.25, 0.3) is 0 Å². The highest BCUT2D eigenvalue weighted by molar-refractivity contribution is 9.10. The molecule has 1 atom stereocenters. The molecule has 1 unspecified atom stereocenters. The first-order chi connectivity index (χ1) is 8.65. The van der Waals surface area contributed by atoms with E-state index in [1.165, 1.54) is 12.1 Å². The van der Waals surface area contributed by atoms with E-state index in [-0.39, 0.29) is 20.9 Å². The number of hydrogen-bond acceptors (Lipinski definition) is 2. The molecule has 1 rings (SSSR count). The predicted molar refractivity (Wildman–Crippen MR) is 83.4 cm³/mol. The van der Waals surface area contributed by atoms with Crippen LogP contribution in [0.5, 0.6) is 0 Å². The Bertz CT molecular complexity index is 538. The topological polar surface area (TPSA) is 46.2 Å². The van der Waals surface area contributed by atoms with Crippen molar-refractivity contribution >= 4 is 49.2 Å². The van der Waals surface area contributed by atoms with Gasteiger partial charge >= 0.3 is 0 Å². The SMILES string of the molecule is CC(C)C(C)CNS(=O)(=O)c1c(Cl)cc(Br)cc1Cl. The summed E-state index contributed by atoms with van der Waals surface area (Å²) in [6, 6.07) is 3.02. The summed E-state index contributed by atoms with van der Waals surface area (Å²) in [6.07, 6.45) is 0. The van der Waals surface area contributed by atoms with E-state index < -0.39 is 10.0 Å². The maximum atomic E-state index is 12.2. The van der Waals surface area contributed by atoms with Crippen molar-refractivity contribution in [1.29, 1.82) is 0 Å². The van der Waals surface area contributed by atoms with Gasteiger partial charge in [0.15, 0.2) is 0 Å². The summed E-state index contributed by atoms with van der Waals surface area (Å²) in [5.41, 5.74) is 0. The lowest BCUT2D eigenvalue weighted by Crippen LogP contribution is -2.30. The van der Waals surface area contributed by atoms with E-state index in [1.807, 2.05) is 20.8 Å². The Hall–Kier alpha value is 0.190. The van der Waals surface area contributed by atoms with Crippen molar-refractivity contribution in [3.8, 4) is 0 Å². The molecule has 108 valence electrons. The van der Waals surface area contributed by atoms with Crippen molar-refractivity contribution in [1.82, 2.24) is 4.72 Å². The second kappa shape index (κ2) is 6.76. The first kappa shape index (κ1) is 17.2.